The molecule has 1 aliphatic rings. The zero-order chi connectivity index (χ0) is 12.6. The number of rotatable bonds is 2. The Morgan fingerprint density at radius 3 is 2.94 bits per heavy atom. The molecule has 1 aromatic heterocycles. The fraction of sp³-hybridized carbons (Fsp3) is 0.364. The number of nitrogens with zero attached hydrogens (tertiary/aromatic N) is 2. The number of pyridine rings is 1. The van der Waals surface area contributed by atoms with Crippen molar-refractivity contribution < 1.29 is 19.4 Å². The summed E-state index contributed by atoms with van der Waals surface area (Å²) in [5.74, 6) is -1.26. The van der Waals surface area contributed by atoms with Gasteiger partial charge in [-0.1, -0.05) is 0 Å². The summed E-state index contributed by atoms with van der Waals surface area (Å²) in [6.45, 7) is 3.34. The van der Waals surface area contributed by atoms with Crippen molar-refractivity contribution in [1.29, 1.82) is 0 Å². The first-order valence-corrected chi connectivity index (χ1v) is 5.20. The number of aromatic nitrogens is 1. The summed E-state index contributed by atoms with van der Waals surface area (Å²) >= 11 is 0. The van der Waals surface area contributed by atoms with Gasteiger partial charge in [-0.3, -0.25) is 9.69 Å². The topological polar surface area (TPSA) is 79.7 Å². The fourth-order valence-electron chi connectivity index (χ4n) is 1.71. The number of hydrogen-bond acceptors (Lipinski definition) is 4. The standard InChI is InChI=1S/C11H12N2O4/c1-3-13-8-7(5-4-6-12-8)17-11(2,9(13)14)10(15)16/h4-6H,3H2,1-2H3,(H,15,16). The molecule has 6 heteroatoms. The molecular weight excluding hydrogens is 224 g/mol. The summed E-state index contributed by atoms with van der Waals surface area (Å²) in [4.78, 5) is 28.6. The molecule has 2 heterocycles. The van der Waals surface area contributed by atoms with Gasteiger partial charge in [0.1, 0.15) is 0 Å². The first-order valence-electron chi connectivity index (χ1n) is 5.20. The number of ether oxygens (including phenoxy) is 1. The van der Waals surface area contributed by atoms with Gasteiger partial charge in [0.25, 0.3) is 11.5 Å². The number of amides is 1. The SMILES string of the molecule is CCN1C(=O)C(C)(C(=O)O)Oc2cccnc21. The van der Waals surface area contributed by atoms with Gasteiger partial charge in [-0.05, 0) is 26.0 Å². The molecule has 1 amide bonds. The molecule has 0 saturated heterocycles. The molecule has 1 aliphatic heterocycles. The second-order valence-corrected chi connectivity index (χ2v) is 3.82. The summed E-state index contributed by atoms with van der Waals surface area (Å²) in [5, 5.41) is 9.11. The van der Waals surface area contributed by atoms with E-state index in [1.165, 1.54) is 18.0 Å². The van der Waals surface area contributed by atoms with Gasteiger partial charge in [-0.25, -0.2) is 9.78 Å². The van der Waals surface area contributed by atoms with Gasteiger partial charge in [0.15, 0.2) is 11.6 Å². The maximum atomic E-state index is 12.1. The van der Waals surface area contributed by atoms with Crippen LogP contribution in [0, 0.1) is 0 Å². The van der Waals surface area contributed by atoms with Gasteiger partial charge in [-0.2, -0.15) is 0 Å². The Bertz CT molecular complexity index is 488. The van der Waals surface area contributed by atoms with Crippen LogP contribution in [0.2, 0.25) is 0 Å². The van der Waals surface area contributed by atoms with E-state index in [1.807, 2.05) is 0 Å². The van der Waals surface area contributed by atoms with E-state index in [0.717, 1.165) is 0 Å². The molecule has 1 N–H and O–H groups in total. The third kappa shape index (κ3) is 1.52. The highest BCUT2D eigenvalue weighted by molar-refractivity contribution is 6.14. The van der Waals surface area contributed by atoms with Crippen LogP contribution in [0.1, 0.15) is 13.8 Å². The van der Waals surface area contributed by atoms with Crippen LogP contribution in [0.15, 0.2) is 18.3 Å². The van der Waals surface area contributed by atoms with Crippen molar-refractivity contribution in [2.75, 3.05) is 11.4 Å². The maximum Gasteiger partial charge on any atom is 0.357 e. The quantitative estimate of drug-likeness (QED) is 0.763. The van der Waals surface area contributed by atoms with Crippen LogP contribution in [0.4, 0.5) is 5.82 Å². The summed E-state index contributed by atoms with van der Waals surface area (Å²) in [5.41, 5.74) is -1.88. The van der Waals surface area contributed by atoms with Crippen LogP contribution < -0.4 is 9.64 Å². The van der Waals surface area contributed by atoms with E-state index < -0.39 is 17.5 Å². The van der Waals surface area contributed by atoms with Crippen LogP contribution in [0.3, 0.4) is 0 Å². The third-order valence-corrected chi connectivity index (χ3v) is 2.70. The third-order valence-electron chi connectivity index (χ3n) is 2.70. The molecule has 1 aromatic rings. The molecule has 0 bridgehead atoms. The van der Waals surface area contributed by atoms with Crippen molar-refractivity contribution in [2.45, 2.75) is 19.4 Å². The Labute approximate surface area is 97.8 Å². The second-order valence-electron chi connectivity index (χ2n) is 3.82. The Balaban J connectivity index is 2.57. The largest absolute Gasteiger partial charge is 0.478 e. The zero-order valence-corrected chi connectivity index (χ0v) is 9.51. The number of likely N-dealkylation sites (N-methyl/N-ethyl adjacent to an activating group) is 1. The van der Waals surface area contributed by atoms with Crippen LogP contribution >= 0.6 is 0 Å². The van der Waals surface area contributed by atoms with Gasteiger partial charge in [-0.15, -0.1) is 0 Å². The van der Waals surface area contributed by atoms with Gasteiger partial charge in [0.05, 0.1) is 0 Å². The predicted octanol–water partition coefficient (Wildman–Crippen LogP) is 0.670. The van der Waals surface area contributed by atoms with Crippen LogP contribution in [-0.4, -0.2) is 34.1 Å². The molecule has 0 radical (unpaired) electrons. The number of carboxylic acid groups (broad SMARTS) is 1. The van der Waals surface area contributed by atoms with Crippen LogP contribution in [0.5, 0.6) is 5.75 Å². The lowest BCUT2D eigenvalue weighted by Crippen LogP contribution is -2.59. The normalized spacial score (nSPS) is 22.9. The van der Waals surface area contributed by atoms with E-state index in [-0.39, 0.29) is 0 Å². The van der Waals surface area contributed by atoms with Gasteiger partial charge < -0.3 is 9.84 Å². The van der Waals surface area contributed by atoms with Crippen molar-refractivity contribution in [3.63, 3.8) is 0 Å². The summed E-state index contributed by atoms with van der Waals surface area (Å²) in [6.07, 6.45) is 1.53. The summed E-state index contributed by atoms with van der Waals surface area (Å²) in [6, 6.07) is 3.23. The van der Waals surface area contributed by atoms with Crippen molar-refractivity contribution >= 4 is 17.7 Å². The number of hydrogen-bond donors (Lipinski definition) is 1. The van der Waals surface area contributed by atoms with Crippen LogP contribution in [0.25, 0.3) is 0 Å². The smallest absolute Gasteiger partial charge is 0.357 e. The van der Waals surface area contributed by atoms with Gasteiger partial charge in [0, 0.05) is 12.7 Å². The fourth-order valence-corrected chi connectivity index (χ4v) is 1.71. The number of anilines is 1. The predicted molar refractivity (Wildman–Crippen MR) is 58.9 cm³/mol. The molecule has 0 saturated carbocycles. The number of carboxylic acids is 1. The Hall–Kier alpha value is -2.11. The molecule has 0 fully saturated rings. The first kappa shape index (κ1) is 11.4. The maximum absolute atomic E-state index is 12.1. The molecular formula is C11H12N2O4. The van der Waals surface area contributed by atoms with Crippen molar-refractivity contribution in [1.82, 2.24) is 4.98 Å². The van der Waals surface area contributed by atoms with E-state index in [4.69, 9.17) is 9.84 Å². The molecule has 17 heavy (non-hydrogen) atoms. The highest BCUT2D eigenvalue weighted by atomic mass is 16.5. The zero-order valence-electron chi connectivity index (χ0n) is 9.51. The van der Waals surface area contributed by atoms with Crippen molar-refractivity contribution in [2.24, 2.45) is 0 Å². The molecule has 6 nitrogen and oxygen atoms in total. The number of carbonyl (C=O) groups excluding carboxylic acids is 1. The molecule has 1 unspecified atom stereocenters. The number of fused-ring (bicyclic) bond motifs is 1. The van der Waals surface area contributed by atoms with E-state index in [2.05, 4.69) is 4.98 Å². The molecule has 0 spiro atoms. The minimum absolute atomic E-state index is 0.304. The molecule has 90 valence electrons. The first-order chi connectivity index (χ1) is 8.00. The molecule has 1 atom stereocenters. The molecule has 2 rings (SSSR count). The number of carbonyl (C=O) groups is 2. The van der Waals surface area contributed by atoms with Crippen molar-refractivity contribution in [3.05, 3.63) is 18.3 Å². The van der Waals surface area contributed by atoms with E-state index in [0.29, 0.717) is 18.1 Å². The lowest BCUT2D eigenvalue weighted by atomic mass is 10.0. The molecule has 0 aromatic carbocycles. The minimum Gasteiger partial charge on any atom is -0.478 e. The minimum atomic E-state index is -1.88. The van der Waals surface area contributed by atoms with Gasteiger partial charge >= 0.3 is 5.97 Å². The molecule has 0 aliphatic carbocycles. The van der Waals surface area contributed by atoms with Crippen molar-refractivity contribution in [3.8, 4) is 5.75 Å². The lowest BCUT2D eigenvalue weighted by Gasteiger charge is -2.36. The van der Waals surface area contributed by atoms with Crippen LogP contribution in [-0.2, 0) is 9.59 Å². The summed E-state index contributed by atoms with van der Waals surface area (Å²) in [7, 11) is 0. The second kappa shape index (κ2) is 3.73. The van der Waals surface area contributed by atoms with E-state index in [1.54, 1.807) is 19.1 Å². The Morgan fingerprint density at radius 1 is 1.65 bits per heavy atom. The Morgan fingerprint density at radius 2 is 2.35 bits per heavy atom. The summed E-state index contributed by atoms with van der Waals surface area (Å²) < 4.78 is 5.27. The van der Waals surface area contributed by atoms with E-state index in [9.17, 15) is 9.59 Å². The average Bonchev–Trinajstić information content (AvgIpc) is 2.30. The van der Waals surface area contributed by atoms with Gasteiger partial charge in [0.2, 0.25) is 0 Å². The monoisotopic (exact) mass is 236 g/mol. The van der Waals surface area contributed by atoms with E-state index >= 15 is 0 Å². The lowest BCUT2D eigenvalue weighted by molar-refractivity contribution is -0.161. The number of aliphatic carboxylic acids is 1. The highest BCUT2D eigenvalue weighted by Gasteiger charge is 2.51. The average molecular weight is 236 g/mol. The highest BCUT2D eigenvalue weighted by Crippen LogP contribution is 2.35. The Kier molecular flexibility index (Phi) is 2.49.